The largest absolute Gasteiger partial charge is 0.465 e. The quantitative estimate of drug-likeness (QED) is 0.506. The minimum atomic E-state index is -1.18. The molecule has 20 heavy (non-hydrogen) atoms. The van der Waals surface area contributed by atoms with Gasteiger partial charge in [0, 0.05) is 6.61 Å². The van der Waals surface area contributed by atoms with Crippen molar-refractivity contribution in [1.29, 1.82) is 0 Å². The minimum absolute atomic E-state index is 0.143. The molecule has 0 aromatic heterocycles. The molecule has 1 aliphatic heterocycles. The van der Waals surface area contributed by atoms with Crippen molar-refractivity contribution in [2.75, 3.05) is 19.8 Å². The molecule has 0 radical (unpaired) electrons. The van der Waals surface area contributed by atoms with Gasteiger partial charge < -0.3 is 14.2 Å². The zero-order chi connectivity index (χ0) is 15.0. The molecular weight excluding hydrogens is 260 g/mol. The lowest BCUT2D eigenvalue weighted by Crippen LogP contribution is -2.42. The summed E-state index contributed by atoms with van der Waals surface area (Å²) in [6.07, 6.45) is 3.67. The van der Waals surface area contributed by atoms with Crippen molar-refractivity contribution in [2.24, 2.45) is 5.41 Å². The van der Waals surface area contributed by atoms with Gasteiger partial charge in [0.05, 0.1) is 19.3 Å². The smallest absolute Gasteiger partial charge is 0.323 e. The Balaban J connectivity index is 2.78. The van der Waals surface area contributed by atoms with E-state index < -0.39 is 17.4 Å². The lowest BCUT2D eigenvalue weighted by molar-refractivity contribution is -0.173. The van der Waals surface area contributed by atoms with Gasteiger partial charge in [-0.1, -0.05) is 6.92 Å². The monoisotopic (exact) mass is 286 g/mol. The number of carbonyl (C=O) groups excluding carboxylic acids is 2. The zero-order valence-electron chi connectivity index (χ0n) is 12.8. The number of rotatable bonds is 8. The van der Waals surface area contributed by atoms with E-state index in [1.54, 1.807) is 13.8 Å². The lowest BCUT2D eigenvalue weighted by Gasteiger charge is -2.28. The van der Waals surface area contributed by atoms with Gasteiger partial charge in [-0.25, -0.2) is 0 Å². The van der Waals surface area contributed by atoms with Crippen LogP contribution in [-0.4, -0.2) is 37.9 Å². The van der Waals surface area contributed by atoms with Gasteiger partial charge in [-0.05, 0) is 46.0 Å². The van der Waals surface area contributed by atoms with Crippen LogP contribution in [-0.2, 0) is 23.8 Å². The summed E-state index contributed by atoms with van der Waals surface area (Å²) in [7, 11) is 0. The van der Waals surface area contributed by atoms with Crippen LogP contribution in [0.5, 0.6) is 0 Å². The molecule has 1 atom stereocenters. The summed E-state index contributed by atoms with van der Waals surface area (Å²) in [6, 6.07) is 0. The highest BCUT2D eigenvalue weighted by Gasteiger charge is 2.47. The van der Waals surface area contributed by atoms with Gasteiger partial charge in [0.2, 0.25) is 0 Å². The number of ether oxygens (including phenoxy) is 3. The summed E-state index contributed by atoms with van der Waals surface area (Å²) in [5.41, 5.74) is -1.18. The second-order valence-corrected chi connectivity index (χ2v) is 5.05. The molecule has 0 N–H and O–H groups in total. The first kappa shape index (κ1) is 17.0. The average molecular weight is 286 g/mol. The van der Waals surface area contributed by atoms with E-state index in [4.69, 9.17) is 14.2 Å². The fourth-order valence-corrected chi connectivity index (χ4v) is 2.57. The number of hydrogen-bond donors (Lipinski definition) is 0. The fraction of sp³-hybridized carbons (Fsp3) is 0.867. The third-order valence-electron chi connectivity index (χ3n) is 3.85. The summed E-state index contributed by atoms with van der Waals surface area (Å²) in [5, 5.41) is 0. The maximum absolute atomic E-state index is 12.3. The third kappa shape index (κ3) is 3.95. The highest BCUT2D eigenvalue weighted by Crippen LogP contribution is 2.34. The van der Waals surface area contributed by atoms with Crippen LogP contribution < -0.4 is 0 Å². The Morgan fingerprint density at radius 1 is 1.15 bits per heavy atom. The maximum Gasteiger partial charge on any atom is 0.323 e. The van der Waals surface area contributed by atoms with E-state index in [1.807, 2.05) is 6.92 Å². The standard InChI is InChI=1S/C15H26O5/c1-4-15(13(16)18-5-2,14(17)19-6-3)10-9-12-8-7-11-20-12/h12H,4-11H2,1-3H3. The molecule has 1 rings (SSSR count). The van der Waals surface area contributed by atoms with E-state index >= 15 is 0 Å². The van der Waals surface area contributed by atoms with Crippen molar-refractivity contribution in [2.45, 2.75) is 59.0 Å². The molecule has 0 aliphatic carbocycles. The SMILES string of the molecule is CCOC(=O)C(CC)(CCC1CCCO1)C(=O)OCC. The Kier molecular flexibility index (Phi) is 6.99. The molecule has 1 unspecified atom stereocenters. The summed E-state index contributed by atoms with van der Waals surface area (Å²) < 4.78 is 15.8. The van der Waals surface area contributed by atoms with Crippen molar-refractivity contribution < 1.29 is 23.8 Å². The number of esters is 2. The molecule has 0 saturated carbocycles. The highest BCUT2D eigenvalue weighted by molar-refractivity contribution is 6.00. The molecule has 0 spiro atoms. The summed E-state index contributed by atoms with van der Waals surface area (Å²) in [4.78, 5) is 24.5. The molecule has 1 heterocycles. The van der Waals surface area contributed by atoms with Crippen LogP contribution in [0.2, 0.25) is 0 Å². The molecule has 1 fully saturated rings. The minimum Gasteiger partial charge on any atom is -0.465 e. The van der Waals surface area contributed by atoms with E-state index in [2.05, 4.69) is 0 Å². The van der Waals surface area contributed by atoms with Crippen LogP contribution in [0.15, 0.2) is 0 Å². The average Bonchev–Trinajstić information content (AvgIpc) is 2.94. The maximum atomic E-state index is 12.3. The highest BCUT2D eigenvalue weighted by atomic mass is 16.6. The van der Waals surface area contributed by atoms with Gasteiger partial charge in [-0.2, -0.15) is 0 Å². The van der Waals surface area contributed by atoms with Crippen molar-refractivity contribution >= 4 is 11.9 Å². The van der Waals surface area contributed by atoms with Gasteiger partial charge in [0.15, 0.2) is 5.41 Å². The van der Waals surface area contributed by atoms with Gasteiger partial charge in [0.1, 0.15) is 0 Å². The first-order valence-electron chi connectivity index (χ1n) is 7.56. The summed E-state index contributed by atoms with van der Waals surface area (Å²) >= 11 is 0. The van der Waals surface area contributed by atoms with E-state index in [-0.39, 0.29) is 19.3 Å². The molecule has 1 saturated heterocycles. The lowest BCUT2D eigenvalue weighted by atomic mass is 9.79. The van der Waals surface area contributed by atoms with Crippen molar-refractivity contribution in [1.82, 2.24) is 0 Å². The van der Waals surface area contributed by atoms with E-state index in [9.17, 15) is 9.59 Å². The number of hydrogen-bond acceptors (Lipinski definition) is 5. The first-order valence-corrected chi connectivity index (χ1v) is 7.56. The van der Waals surface area contributed by atoms with Crippen LogP contribution in [0, 0.1) is 5.41 Å². The Morgan fingerprint density at radius 3 is 2.15 bits per heavy atom. The fourth-order valence-electron chi connectivity index (χ4n) is 2.57. The Hall–Kier alpha value is -1.10. The van der Waals surface area contributed by atoms with Gasteiger partial charge in [-0.15, -0.1) is 0 Å². The normalized spacial score (nSPS) is 18.9. The van der Waals surface area contributed by atoms with E-state index in [0.29, 0.717) is 19.3 Å². The molecule has 0 amide bonds. The number of carbonyl (C=O) groups is 2. The molecular formula is C15H26O5. The van der Waals surface area contributed by atoms with Gasteiger partial charge in [-0.3, -0.25) is 9.59 Å². The second-order valence-electron chi connectivity index (χ2n) is 5.05. The first-order chi connectivity index (χ1) is 9.60. The topological polar surface area (TPSA) is 61.8 Å². The molecule has 0 aromatic rings. The van der Waals surface area contributed by atoms with Crippen LogP contribution in [0.1, 0.15) is 52.9 Å². The predicted octanol–water partition coefficient (Wildman–Crippen LogP) is 2.47. The summed E-state index contributed by atoms with van der Waals surface area (Å²) in [6.45, 7) is 6.60. The Morgan fingerprint density at radius 2 is 1.75 bits per heavy atom. The molecule has 1 aliphatic rings. The molecule has 116 valence electrons. The second kappa shape index (κ2) is 8.25. The molecule has 0 aromatic carbocycles. The van der Waals surface area contributed by atoms with Crippen molar-refractivity contribution in [3.63, 3.8) is 0 Å². The third-order valence-corrected chi connectivity index (χ3v) is 3.85. The van der Waals surface area contributed by atoms with Crippen LogP contribution >= 0.6 is 0 Å². The van der Waals surface area contributed by atoms with Gasteiger partial charge in [0.25, 0.3) is 0 Å². The van der Waals surface area contributed by atoms with E-state index in [0.717, 1.165) is 19.4 Å². The zero-order valence-corrected chi connectivity index (χ0v) is 12.8. The summed E-state index contributed by atoms with van der Waals surface area (Å²) in [5.74, 6) is -0.946. The Bertz CT molecular complexity index is 302. The molecule has 5 nitrogen and oxygen atoms in total. The van der Waals surface area contributed by atoms with Crippen LogP contribution in [0.3, 0.4) is 0 Å². The molecule has 0 bridgehead atoms. The van der Waals surface area contributed by atoms with Crippen molar-refractivity contribution in [3.8, 4) is 0 Å². The van der Waals surface area contributed by atoms with Crippen LogP contribution in [0.4, 0.5) is 0 Å². The van der Waals surface area contributed by atoms with Crippen molar-refractivity contribution in [3.05, 3.63) is 0 Å². The molecule has 5 heteroatoms. The van der Waals surface area contributed by atoms with Gasteiger partial charge >= 0.3 is 11.9 Å². The predicted molar refractivity (Wildman–Crippen MR) is 74.2 cm³/mol. The van der Waals surface area contributed by atoms with Crippen LogP contribution in [0.25, 0.3) is 0 Å². The van der Waals surface area contributed by atoms with E-state index in [1.165, 1.54) is 0 Å². The Labute approximate surface area is 121 Å².